The molecule has 0 radical (unpaired) electrons. The summed E-state index contributed by atoms with van der Waals surface area (Å²) in [6, 6.07) is 0. The van der Waals surface area contributed by atoms with Gasteiger partial charge in [0.2, 0.25) is 0 Å². The molecule has 3 atom stereocenters. The van der Waals surface area contributed by atoms with Gasteiger partial charge in [0.05, 0.1) is 6.10 Å². The Labute approximate surface area is 167 Å². The number of ether oxygens (including phenoxy) is 3. The molecule has 0 aromatic carbocycles. The second kappa shape index (κ2) is 16.4. The van der Waals surface area contributed by atoms with Crippen molar-refractivity contribution in [1.82, 2.24) is 0 Å². The number of rotatable bonds is 3. The van der Waals surface area contributed by atoms with E-state index in [1.165, 1.54) is 13.8 Å². The van der Waals surface area contributed by atoms with Gasteiger partial charge in [-0.2, -0.15) is 0 Å². The summed E-state index contributed by atoms with van der Waals surface area (Å²) in [6.45, 7) is 5.01. The van der Waals surface area contributed by atoms with Crippen LogP contribution in [-0.4, -0.2) is 58.3 Å². The van der Waals surface area contributed by atoms with Crippen LogP contribution in [0.25, 0.3) is 0 Å². The van der Waals surface area contributed by atoms with E-state index in [4.69, 9.17) is 46.6 Å². The zero-order valence-electron chi connectivity index (χ0n) is 14.3. The number of hydrogen-bond acceptors (Lipinski definition) is 8. The molecular formula is C14H23AuO9S. The van der Waals surface area contributed by atoms with Crippen molar-refractivity contribution in [2.45, 2.75) is 58.2 Å². The second-order valence-electron chi connectivity index (χ2n) is 4.73. The topological polar surface area (TPSA) is 136 Å². The molecule has 1 fully saturated rings. The minimum atomic E-state index is -0.833. The summed E-state index contributed by atoms with van der Waals surface area (Å²) in [7, 11) is 0. The minimum absolute atomic E-state index is 0. The van der Waals surface area contributed by atoms with Crippen LogP contribution in [0.5, 0.6) is 0 Å². The van der Waals surface area contributed by atoms with Crippen LogP contribution < -0.4 is 0 Å². The first-order valence-corrected chi connectivity index (χ1v) is 7.42. The van der Waals surface area contributed by atoms with Crippen molar-refractivity contribution >= 4 is 36.5 Å². The van der Waals surface area contributed by atoms with Crippen LogP contribution in [-0.2, 0) is 68.4 Å². The molecule has 1 aliphatic rings. The van der Waals surface area contributed by atoms with Gasteiger partial charge in [-0.1, -0.05) is 5.44 Å². The zero-order chi connectivity index (χ0) is 19.3. The third-order valence-corrected chi connectivity index (χ3v) is 2.43. The molecule has 1 rings (SSSR count). The summed E-state index contributed by atoms with van der Waals surface area (Å²) in [5.41, 5.74) is -0.404. The largest absolute Gasteiger partial charge is 1.00 e. The zero-order valence-corrected chi connectivity index (χ0v) is 17.3. The maximum atomic E-state index is 10.8. The van der Waals surface area contributed by atoms with Crippen molar-refractivity contribution in [1.29, 1.82) is 0 Å². The van der Waals surface area contributed by atoms with E-state index in [2.05, 4.69) is 0 Å². The number of esters is 2. The average molecular weight is 564 g/mol. The second-order valence-corrected chi connectivity index (χ2v) is 5.26. The molecule has 9 nitrogen and oxygen atoms in total. The minimum Gasteiger partial charge on any atom is -0.761 e. The molecule has 0 saturated carbocycles. The molecule has 0 amide bonds. The van der Waals surface area contributed by atoms with E-state index in [0.717, 1.165) is 13.8 Å². The standard InChI is InChI=1S/C10H16O5S.2C2H4O2.Au/c1-6(11)13-5-9-3-8(14-7(2)12)4-10(16)15-9;2*1-2(3)4;/h8-10,16H,3-5H2,1-2H3;2*1H3,(H,3,4);/q;;;+1/p-1. The van der Waals surface area contributed by atoms with E-state index in [-0.39, 0.29) is 53.1 Å². The van der Waals surface area contributed by atoms with E-state index in [9.17, 15) is 9.59 Å². The van der Waals surface area contributed by atoms with Crippen LogP contribution in [0.15, 0.2) is 0 Å². The molecule has 1 aliphatic heterocycles. The molecule has 0 aliphatic carbocycles. The molecule has 3 unspecified atom stereocenters. The maximum Gasteiger partial charge on any atom is 1.00 e. The summed E-state index contributed by atoms with van der Waals surface area (Å²) >= 11 is 5.02. The van der Waals surface area contributed by atoms with Crippen LogP contribution in [0, 0.1) is 0 Å². The van der Waals surface area contributed by atoms with Crippen molar-refractivity contribution in [3.05, 3.63) is 0 Å². The molecule has 2 N–H and O–H groups in total. The van der Waals surface area contributed by atoms with Crippen LogP contribution in [0.3, 0.4) is 0 Å². The van der Waals surface area contributed by atoms with Gasteiger partial charge in [-0.15, -0.1) is 0 Å². The van der Waals surface area contributed by atoms with Gasteiger partial charge < -0.3 is 37.1 Å². The first-order valence-electron chi connectivity index (χ1n) is 6.94. The molecule has 11 heteroatoms. The van der Waals surface area contributed by atoms with E-state index < -0.39 is 17.4 Å². The Morgan fingerprint density at radius 3 is 1.80 bits per heavy atom. The van der Waals surface area contributed by atoms with Gasteiger partial charge in [-0.3, -0.25) is 19.2 Å². The van der Waals surface area contributed by atoms with Gasteiger partial charge in [0.25, 0.3) is 11.9 Å². The van der Waals surface area contributed by atoms with E-state index in [1.54, 1.807) is 0 Å². The van der Waals surface area contributed by atoms with Crippen molar-refractivity contribution in [2.24, 2.45) is 0 Å². The van der Waals surface area contributed by atoms with Crippen molar-refractivity contribution < 1.29 is 66.0 Å². The molecular weight excluding hydrogens is 541 g/mol. The van der Waals surface area contributed by atoms with Crippen LogP contribution >= 0.6 is 0 Å². The van der Waals surface area contributed by atoms with Crippen molar-refractivity contribution in [3.8, 4) is 0 Å². The Morgan fingerprint density at radius 2 is 1.44 bits per heavy atom. The maximum absolute atomic E-state index is 10.8. The smallest absolute Gasteiger partial charge is 0.761 e. The summed E-state index contributed by atoms with van der Waals surface area (Å²) in [6.07, 6.45) is 0.490. The fourth-order valence-electron chi connectivity index (χ4n) is 1.58. The number of carboxylic acid groups (broad SMARTS) is 2. The number of carbonyl (C=O) groups excluding carboxylic acids is 2. The third kappa shape index (κ3) is 25.3. The summed E-state index contributed by atoms with van der Waals surface area (Å²) in [5.74, 6) is -2.36. The molecule has 0 spiro atoms. The number of hydrogen-bond donors (Lipinski definition) is 2. The molecule has 1 saturated heterocycles. The fraction of sp³-hybridized carbons (Fsp3) is 0.714. The molecule has 0 aromatic heterocycles. The molecule has 0 aromatic rings. The van der Waals surface area contributed by atoms with Gasteiger partial charge in [0.15, 0.2) is 0 Å². The van der Waals surface area contributed by atoms with Crippen molar-refractivity contribution in [2.75, 3.05) is 6.61 Å². The Kier molecular flexibility index (Phi) is 18.8. The predicted octanol–water partition coefficient (Wildman–Crippen LogP) is 0.712. The van der Waals surface area contributed by atoms with Crippen LogP contribution in [0.1, 0.15) is 40.5 Å². The fourth-order valence-corrected chi connectivity index (χ4v) is 1.95. The van der Waals surface area contributed by atoms with E-state index in [1.807, 2.05) is 0 Å². The van der Waals surface area contributed by atoms with E-state index in [0.29, 0.717) is 12.8 Å². The Morgan fingerprint density at radius 1 is 1.00 bits per heavy atom. The van der Waals surface area contributed by atoms with Gasteiger partial charge in [-0.25, -0.2) is 0 Å². The summed E-state index contributed by atoms with van der Waals surface area (Å²) in [5, 5.41) is 14.8. The Balaban J connectivity index is -0.000000454. The van der Waals surface area contributed by atoms with Crippen LogP contribution in [0.4, 0.5) is 0 Å². The molecule has 0 bridgehead atoms. The van der Waals surface area contributed by atoms with Crippen LogP contribution in [0.2, 0.25) is 0 Å². The van der Waals surface area contributed by atoms with Gasteiger partial charge in [-0.05, 0) is 6.42 Å². The van der Waals surface area contributed by atoms with Gasteiger partial charge >= 0.3 is 34.3 Å². The molecule has 25 heavy (non-hydrogen) atoms. The summed E-state index contributed by atoms with van der Waals surface area (Å²) in [4.78, 5) is 39.4. The van der Waals surface area contributed by atoms with Gasteiger partial charge in [0, 0.05) is 34.1 Å². The predicted molar refractivity (Wildman–Crippen MR) is 84.1 cm³/mol. The third-order valence-electron chi connectivity index (χ3n) is 2.13. The first kappa shape index (κ1) is 28.7. The van der Waals surface area contributed by atoms with E-state index >= 15 is 0 Å². The quantitative estimate of drug-likeness (QED) is 0.287. The Bertz CT molecular complexity index is 411. The molecule has 1 heterocycles. The number of carbonyl (C=O) groups is 4. The number of aliphatic carboxylic acids is 2. The first-order chi connectivity index (χ1) is 10.9. The average Bonchev–Trinajstić information content (AvgIpc) is 2.33. The summed E-state index contributed by atoms with van der Waals surface area (Å²) < 4.78 is 15.3. The SMILES string of the molecule is CC(=O)O.CC(=O)O.CC(=O)OCC1CC(OC(C)=O)CC([S-])O1.[Au+]. The normalized spacial score (nSPS) is 20.9. The molecule has 150 valence electrons. The monoisotopic (exact) mass is 564 g/mol. The van der Waals surface area contributed by atoms with Crippen molar-refractivity contribution in [3.63, 3.8) is 0 Å². The number of carboxylic acids is 2. The van der Waals surface area contributed by atoms with Gasteiger partial charge in [0.1, 0.15) is 12.7 Å². The Hall–Kier alpha value is -1.07.